The number of rotatable bonds is 6. The lowest BCUT2D eigenvalue weighted by molar-refractivity contribution is 0.177. The highest BCUT2D eigenvalue weighted by atomic mass is 19.1. The first-order valence-electron chi connectivity index (χ1n) is 11.7. The number of fused-ring (bicyclic) bond motifs is 1. The summed E-state index contributed by atoms with van der Waals surface area (Å²) in [5, 5.41) is 23.3. The van der Waals surface area contributed by atoms with E-state index in [0.29, 0.717) is 23.8 Å². The zero-order chi connectivity index (χ0) is 24.4. The molecule has 2 atom stereocenters. The number of anilines is 1. The van der Waals surface area contributed by atoms with Gasteiger partial charge in [-0.3, -0.25) is 0 Å². The SMILES string of the molecule is Cc1ccc2c(N3CCC[C@H](C(CC(C)C)NC(=O)O)C3)nc(-c3c(O)cccc3F)nc2c1. The Hall–Kier alpha value is -3.42. The predicted molar refractivity (Wildman–Crippen MR) is 131 cm³/mol. The third kappa shape index (κ3) is 5.05. The fraction of sp³-hybridized carbons (Fsp3) is 0.423. The average molecular weight is 467 g/mol. The third-order valence-electron chi connectivity index (χ3n) is 6.41. The molecule has 1 saturated heterocycles. The number of hydrogen-bond donors (Lipinski definition) is 3. The molecule has 7 nitrogen and oxygen atoms in total. The Morgan fingerprint density at radius 1 is 1.26 bits per heavy atom. The van der Waals surface area contributed by atoms with Crippen LogP contribution in [0.4, 0.5) is 15.0 Å². The first-order valence-corrected chi connectivity index (χ1v) is 11.7. The number of nitrogens with zero attached hydrogens (tertiary/aromatic N) is 3. The van der Waals surface area contributed by atoms with Gasteiger partial charge >= 0.3 is 6.09 Å². The van der Waals surface area contributed by atoms with Crippen LogP contribution in [0.1, 0.15) is 38.7 Å². The predicted octanol–water partition coefficient (Wildman–Crippen LogP) is 5.35. The number of hydrogen-bond acceptors (Lipinski definition) is 5. The van der Waals surface area contributed by atoms with E-state index < -0.39 is 11.9 Å². The first-order chi connectivity index (χ1) is 16.2. The van der Waals surface area contributed by atoms with Crippen molar-refractivity contribution in [2.24, 2.45) is 11.8 Å². The smallest absolute Gasteiger partial charge is 0.404 e. The molecule has 180 valence electrons. The van der Waals surface area contributed by atoms with Gasteiger partial charge in [0.15, 0.2) is 5.82 Å². The lowest BCUT2D eigenvalue weighted by atomic mass is 9.86. The molecular weight excluding hydrogens is 435 g/mol. The van der Waals surface area contributed by atoms with Gasteiger partial charge in [-0.25, -0.2) is 19.2 Å². The summed E-state index contributed by atoms with van der Waals surface area (Å²) in [4.78, 5) is 22.9. The van der Waals surface area contributed by atoms with Crippen molar-refractivity contribution in [2.45, 2.75) is 46.1 Å². The fourth-order valence-electron chi connectivity index (χ4n) is 4.88. The van der Waals surface area contributed by atoms with E-state index in [4.69, 9.17) is 4.98 Å². The Bertz CT molecular complexity index is 1180. The summed E-state index contributed by atoms with van der Waals surface area (Å²) < 4.78 is 14.7. The van der Waals surface area contributed by atoms with E-state index in [-0.39, 0.29) is 29.1 Å². The van der Waals surface area contributed by atoms with Gasteiger partial charge in [-0.05, 0) is 67.9 Å². The van der Waals surface area contributed by atoms with Gasteiger partial charge < -0.3 is 20.4 Å². The van der Waals surface area contributed by atoms with Gasteiger partial charge in [0, 0.05) is 24.5 Å². The second-order valence-corrected chi connectivity index (χ2v) is 9.56. The minimum Gasteiger partial charge on any atom is -0.507 e. The molecule has 2 heterocycles. The summed E-state index contributed by atoms with van der Waals surface area (Å²) in [7, 11) is 0. The number of aromatic nitrogens is 2. The second-order valence-electron chi connectivity index (χ2n) is 9.56. The standard InChI is InChI=1S/C26H31FN4O3/c1-15(2)12-20(29-26(33)34)17-6-5-11-31(14-17)25-18-10-9-16(3)13-21(18)28-24(30-25)23-19(27)7-4-8-22(23)32/h4,7-10,13,15,17,20,29,32H,5-6,11-12,14H2,1-3H3,(H,33,34)/t17-,20?/m0/s1. The van der Waals surface area contributed by atoms with Crippen LogP contribution in [-0.4, -0.2) is 45.4 Å². The molecule has 1 aliphatic heterocycles. The lowest BCUT2D eigenvalue weighted by Gasteiger charge is -2.38. The van der Waals surface area contributed by atoms with Crippen LogP contribution < -0.4 is 10.2 Å². The summed E-state index contributed by atoms with van der Waals surface area (Å²) in [6.07, 6.45) is 1.54. The maximum absolute atomic E-state index is 14.7. The molecule has 34 heavy (non-hydrogen) atoms. The summed E-state index contributed by atoms with van der Waals surface area (Å²) in [5.74, 6) is 0.479. The number of carbonyl (C=O) groups is 1. The molecule has 1 unspecified atom stereocenters. The first kappa shape index (κ1) is 23.7. The topological polar surface area (TPSA) is 98.6 Å². The monoisotopic (exact) mass is 466 g/mol. The van der Waals surface area contributed by atoms with Crippen LogP contribution in [0.15, 0.2) is 36.4 Å². The Labute approximate surface area is 198 Å². The van der Waals surface area contributed by atoms with E-state index >= 15 is 0 Å². The maximum Gasteiger partial charge on any atom is 0.404 e. The van der Waals surface area contributed by atoms with E-state index in [9.17, 15) is 19.4 Å². The Kier molecular flexibility index (Phi) is 6.86. The van der Waals surface area contributed by atoms with Crippen LogP contribution in [0.25, 0.3) is 22.3 Å². The number of phenolic OH excluding ortho intramolecular Hbond substituents is 1. The summed E-state index contributed by atoms with van der Waals surface area (Å²) in [5.41, 5.74) is 1.66. The molecule has 8 heteroatoms. The lowest BCUT2D eigenvalue weighted by Crippen LogP contribution is -2.48. The largest absolute Gasteiger partial charge is 0.507 e. The van der Waals surface area contributed by atoms with Crippen LogP contribution in [0.3, 0.4) is 0 Å². The summed E-state index contributed by atoms with van der Waals surface area (Å²) >= 11 is 0. The van der Waals surface area contributed by atoms with E-state index in [1.165, 1.54) is 18.2 Å². The molecule has 0 radical (unpaired) electrons. The molecular formula is C26H31FN4O3. The molecule has 0 saturated carbocycles. The highest BCUT2D eigenvalue weighted by Crippen LogP contribution is 2.35. The van der Waals surface area contributed by atoms with Gasteiger partial charge in [0.2, 0.25) is 0 Å². The van der Waals surface area contributed by atoms with Crippen LogP contribution in [0.5, 0.6) is 5.75 Å². The van der Waals surface area contributed by atoms with Crippen molar-refractivity contribution in [1.82, 2.24) is 15.3 Å². The number of amides is 1. The van der Waals surface area contributed by atoms with Crippen molar-refractivity contribution in [3.8, 4) is 17.1 Å². The van der Waals surface area contributed by atoms with Gasteiger partial charge in [0.05, 0.1) is 11.1 Å². The number of nitrogens with one attached hydrogen (secondary N) is 1. The molecule has 3 aromatic rings. The number of piperidine rings is 1. The van der Waals surface area contributed by atoms with Crippen molar-refractivity contribution in [3.63, 3.8) is 0 Å². The maximum atomic E-state index is 14.7. The molecule has 3 N–H and O–H groups in total. The van der Waals surface area contributed by atoms with Crippen molar-refractivity contribution >= 4 is 22.8 Å². The quantitative estimate of drug-likeness (QED) is 0.453. The van der Waals surface area contributed by atoms with Gasteiger partial charge in [-0.1, -0.05) is 26.0 Å². The number of aryl methyl sites for hydroxylation is 1. The molecule has 0 spiro atoms. The van der Waals surface area contributed by atoms with Crippen LogP contribution in [-0.2, 0) is 0 Å². The van der Waals surface area contributed by atoms with Crippen molar-refractivity contribution < 1.29 is 19.4 Å². The zero-order valence-electron chi connectivity index (χ0n) is 19.8. The Balaban J connectivity index is 1.77. The Morgan fingerprint density at radius 3 is 2.76 bits per heavy atom. The van der Waals surface area contributed by atoms with Gasteiger partial charge in [-0.2, -0.15) is 0 Å². The average Bonchev–Trinajstić information content (AvgIpc) is 2.77. The second kappa shape index (κ2) is 9.83. The minimum atomic E-state index is -1.01. The fourth-order valence-corrected chi connectivity index (χ4v) is 4.88. The summed E-state index contributed by atoms with van der Waals surface area (Å²) in [6.45, 7) is 7.52. The number of halogens is 1. The van der Waals surface area contributed by atoms with E-state index in [2.05, 4.69) is 29.0 Å². The number of aromatic hydroxyl groups is 1. The van der Waals surface area contributed by atoms with Crippen molar-refractivity contribution in [2.75, 3.05) is 18.0 Å². The highest BCUT2D eigenvalue weighted by Gasteiger charge is 2.31. The molecule has 0 aliphatic carbocycles. The van der Waals surface area contributed by atoms with Crippen molar-refractivity contribution in [1.29, 1.82) is 0 Å². The normalized spacial score (nSPS) is 17.2. The Morgan fingerprint density at radius 2 is 2.06 bits per heavy atom. The van der Waals surface area contributed by atoms with E-state index in [0.717, 1.165) is 36.8 Å². The van der Waals surface area contributed by atoms with Gasteiger partial charge in [-0.15, -0.1) is 0 Å². The molecule has 2 aromatic carbocycles. The molecule has 1 amide bonds. The van der Waals surface area contributed by atoms with Gasteiger partial charge in [0.1, 0.15) is 17.4 Å². The van der Waals surface area contributed by atoms with Crippen LogP contribution in [0.2, 0.25) is 0 Å². The van der Waals surface area contributed by atoms with E-state index in [1.54, 1.807) is 0 Å². The molecule has 1 aromatic heterocycles. The van der Waals surface area contributed by atoms with Crippen LogP contribution >= 0.6 is 0 Å². The zero-order valence-corrected chi connectivity index (χ0v) is 19.8. The van der Waals surface area contributed by atoms with E-state index in [1.807, 2.05) is 25.1 Å². The number of carboxylic acid groups (broad SMARTS) is 1. The summed E-state index contributed by atoms with van der Waals surface area (Å²) in [6, 6.07) is 9.87. The minimum absolute atomic E-state index is 0.0223. The molecule has 4 rings (SSSR count). The highest BCUT2D eigenvalue weighted by molar-refractivity contribution is 5.92. The number of benzene rings is 2. The van der Waals surface area contributed by atoms with Crippen LogP contribution in [0, 0.1) is 24.6 Å². The van der Waals surface area contributed by atoms with Crippen molar-refractivity contribution in [3.05, 3.63) is 47.8 Å². The molecule has 1 aliphatic rings. The van der Waals surface area contributed by atoms with Gasteiger partial charge in [0.25, 0.3) is 0 Å². The number of phenols is 1. The molecule has 1 fully saturated rings. The molecule has 0 bridgehead atoms. The third-order valence-corrected chi connectivity index (χ3v) is 6.41.